The quantitative estimate of drug-likeness (QED) is 0.506. The summed E-state index contributed by atoms with van der Waals surface area (Å²) in [5.41, 5.74) is 2.80. The molecule has 0 saturated heterocycles. The molecule has 144 valence electrons. The molecule has 0 bridgehead atoms. The second-order valence-electron chi connectivity index (χ2n) is 7.44. The number of nitrogens with one attached hydrogen (secondary N) is 2. The molecule has 1 saturated carbocycles. The molecule has 1 aliphatic carbocycles. The van der Waals surface area contributed by atoms with Crippen molar-refractivity contribution in [2.24, 2.45) is 0 Å². The molecule has 0 aliphatic heterocycles. The van der Waals surface area contributed by atoms with Gasteiger partial charge in [-0.25, -0.2) is 0 Å². The van der Waals surface area contributed by atoms with Crippen LogP contribution in [0.5, 0.6) is 0 Å². The average molecular weight is 377 g/mol. The van der Waals surface area contributed by atoms with Crippen molar-refractivity contribution >= 4 is 34.0 Å². The minimum Gasteiger partial charge on any atom is -0.393 e. The van der Waals surface area contributed by atoms with E-state index in [0.717, 1.165) is 53.7 Å². The highest BCUT2D eigenvalue weighted by molar-refractivity contribution is 5.83. The van der Waals surface area contributed by atoms with Crippen LogP contribution in [0.1, 0.15) is 25.7 Å². The third kappa shape index (κ3) is 3.05. The van der Waals surface area contributed by atoms with E-state index < -0.39 is 0 Å². The number of aliphatic hydroxyl groups is 1. The Morgan fingerprint density at radius 3 is 2.89 bits per heavy atom. The zero-order valence-electron chi connectivity index (χ0n) is 15.7. The lowest BCUT2D eigenvalue weighted by molar-refractivity contribution is 0.126. The van der Waals surface area contributed by atoms with Crippen molar-refractivity contribution < 1.29 is 5.11 Å². The van der Waals surface area contributed by atoms with Gasteiger partial charge in [0.25, 0.3) is 0 Å². The summed E-state index contributed by atoms with van der Waals surface area (Å²) in [6, 6.07) is 12.4. The van der Waals surface area contributed by atoms with Crippen LogP contribution in [0.2, 0.25) is 0 Å². The lowest BCUT2D eigenvalue weighted by Crippen LogP contribution is -2.29. The largest absolute Gasteiger partial charge is 0.393 e. The van der Waals surface area contributed by atoms with Crippen LogP contribution in [-0.2, 0) is 0 Å². The predicted octanol–water partition coefficient (Wildman–Crippen LogP) is 3.09. The molecule has 1 fully saturated rings. The Bertz CT molecular complexity index is 1110. The second-order valence-corrected chi connectivity index (χ2v) is 7.44. The molecule has 8 heteroatoms. The maximum absolute atomic E-state index is 9.72. The summed E-state index contributed by atoms with van der Waals surface area (Å²) < 4.78 is 1.85. The number of anilines is 3. The van der Waals surface area contributed by atoms with E-state index in [1.807, 2.05) is 53.0 Å². The minimum atomic E-state index is -0.159. The normalized spacial score (nSPS) is 19.9. The highest BCUT2D eigenvalue weighted by Gasteiger charge is 2.20. The van der Waals surface area contributed by atoms with E-state index in [2.05, 4.69) is 21.6 Å². The number of rotatable bonds is 4. The van der Waals surface area contributed by atoms with Gasteiger partial charge in [0.1, 0.15) is 5.82 Å². The molecule has 0 radical (unpaired) electrons. The highest BCUT2D eigenvalue weighted by Crippen LogP contribution is 2.26. The van der Waals surface area contributed by atoms with Gasteiger partial charge < -0.3 is 15.3 Å². The van der Waals surface area contributed by atoms with Crippen molar-refractivity contribution in [1.29, 1.82) is 0 Å². The molecule has 1 aromatic carbocycles. The monoisotopic (exact) mass is 377 g/mol. The zero-order chi connectivity index (χ0) is 19.1. The van der Waals surface area contributed by atoms with Crippen LogP contribution in [0.3, 0.4) is 0 Å². The van der Waals surface area contributed by atoms with Crippen LogP contribution < -0.4 is 10.2 Å². The molecular weight excluding hydrogens is 354 g/mol. The average Bonchev–Trinajstić information content (AvgIpc) is 3.35. The van der Waals surface area contributed by atoms with Gasteiger partial charge in [0.05, 0.1) is 17.8 Å². The zero-order valence-corrected chi connectivity index (χ0v) is 15.7. The molecular formula is C20H23N7O. The lowest BCUT2D eigenvalue weighted by Gasteiger charge is -2.27. The van der Waals surface area contributed by atoms with Crippen molar-refractivity contribution in [2.75, 3.05) is 17.3 Å². The summed E-state index contributed by atoms with van der Waals surface area (Å²) in [6.07, 6.45) is 5.26. The first-order valence-electron chi connectivity index (χ1n) is 9.64. The minimum absolute atomic E-state index is 0.159. The van der Waals surface area contributed by atoms with Crippen molar-refractivity contribution in [2.45, 2.75) is 37.8 Å². The Kier molecular flexibility index (Phi) is 4.12. The summed E-state index contributed by atoms with van der Waals surface area (Å²) in [5.74, 6) is 1.56. The fourth-order valence-electron chi connectivity index (χ4n) is 3.83. The van der Waals surface area contributed by atoms with Gasteiger partial charge in [0.2, 0.25) is 5.95 Å². The Morgan fingerprint density at radius 2 is 2.04 bits per heavy atom. The van der Waals surface area contributed by atoms with E-state index in [9.17, 15) is 5.11 Å². The van der Waals surface area contributed by atoms with Gasteiger partial charge in [-0.2, -0.15) is 14.6 Å². The van der Waals surface area contributed by atoms with E-state index in [-0.39, 0.29) is 6.10 Å². The van der Waals surface area contributed by atoms with E-state index in [4.69, 9.17) is 10.1 Å². The smallest absolute Gasteiger partial charge is 0.249 e. The number of aliphatic hydroxyl groups excluding tert-OH is 1. The Hall–Kier alpha value is -3.13. The molecule has 0 spiro atoms. The van der Waals surface area contributed by atoms with Gasteiger partial charge >= 0.3 is 0 Å². The molecule has 4 aromatic rings. The number of benzene rings is 1. The maximum atomic E-state index is 9.72. The maximum Gasteiger partial charge on any atom is 0.249 e. The number of aromatic amines is 1. The molecule has 1 aliphatic rings. The third-order valence-electron chi connectivity index (χ3n) is 5.51. The number of fused-ring (bicyclic) bond motifs is 2. The summed E-state index contributed by atoms with van der Waals surface area (Å²) in [5, 5.41) is 26.1. The van der Waals surface area contributed by atoms with Crippen molar-refractivity contribution in [3.05, 3.63) is 42.6 Å². The topological polar surface area (TPSA) is 94.4 Å². The molecule has 0 unspecified atom stereocenters. The van der Waals surface area contributed by atoms with Crippen LogP contribution in [-0.4, -0.2) is 49.1 Å². The van der Waals surface area contributed by atoms with Crippen LogP contribution in [0.15, 0.2) is 42.6 Å². The first-order valence-corrected chi connectivity index (χ1v) is 9.64. The highest BCUT2D eigenvalue weighted by atomic mass is 16.3. The van der Waals surface area contributed by atoms with Crippen molar-refractivity contribution in [3.8, 4) is 0 Å². The summed E-state index contributed by atoms with van der Waals surface area (Å²) in [7, 11) is 1.96. The standard InChI is InChI=1S/C20H23N7O/c1-26(15-7-10-17-13(11-15)12-21-24-17)20-23-19-4-2-3-18(27(19)25-20)22-14-5-8-16(28)9-6-14/h2-4,7,10-12,14,16,22,28H,5-6,8-9H2,1H3,(H,21,24)/t14-,16+. The van der Waals surface area contributed by atoms with Gasteiger partial charge in [-0.05, 0) is 56.0 Å². The van der Waals surface area contributed by atoms with Crippen LogP contribution in [0.25, 0.3) is 16.6 Å². The van der Waals surface area contributed by atoms with E-state index in [0.29, 0.717) is 12.0 Å². The first kappa shape index (κ1) is 17.0. The molecule has 0 atom stereocenters. The van der Waals surface area contributed by atoms with E-state index in [1.165, 1.54) is 0 Å². The van der Waals surface area contributed by atoms with Crippen LogP contribution >= 0.6 is 0 Å². The SMILES string of the molecule is CN(c1ccc2[nH]ncc2c1)c1nc2cccc(N[C@H]3CC[C@@H](O)CC3)n2n1. The second kappa shape index (κ2) is 6.79. The van der Waals surface area contributed by atoms with E-state index in [1.54, 1.807) is 0 Å². The Morgan fingerprint density at radius 1 is 1.18 bits per heavy atom. The molecule has 0 amide bonds. The predicted molar refractivity (Wildman–Crippen MR) is 109 cm³/mol. The number of hydrogen-bond donors (Lipinski definition) is 3. The molecule has 3 aromatic heterocycles. The number of aromatic nitrogens is 5. The molecule has 5 rings (SSSR count). The van der Waals surface area contributed by atoms with Gasteiger partial charge in [-0.15, -0.1) is 5.10 Å². The Balaban J connectivity index is 1.44. The Labute approximate surface area is 162 Å². The van der Waals surface area contributed by atoms with Gasteiger partial charge in [-0.3, -0.25) is 5.10 Å². The molecule has 3 N–H and O–H groups in total. The number of pyridine rings is 1. The number of nitrogens with zero attached hydrogens (tertiary/aromatic N) is 5. The number of H-pyrrole nitrogens is 1. The summed E-state index contributed by atoms with van der Waals surface area (Å²) in [6.45, 7) is 0. The van der Waals surface area contributed by atoms with E-state index >= 15 is 0 Å². The van der Waals surface area contributed by atoms with Gasteiger partial charge in [0, 0.05) is 24.2 Å². The summed E-state index contributed by atoms with van der Waals surface area (Å²) >= 11 is 0. The van der Waals surface area contributed by atoms with Gasteiger partial charge in [-0.1, -0.05) is 6.07 Å². The van der Waals surface area contributed by atoms with Crippen molar-refractivity contribution in [3.63, 3.8) is 0 Å². The van der Waals surface area contributed by atoms with Crippen LogP contribution in [0, 0.1) is 0 Å². The van der Waals surface area contributed by atoms with Gasteiger partial charge in [0.15, 0.2) is 5.65 Å². The van der Waals surface area contributed by atoms with Crippen molar-refractivity contribution in [1.82, 2.24) is 24.8 Å². The summed E-state index contributed by atoms with van der Waals surface area (Å²) in [4.78, 5) is 6.67. The molecule has 8 nitrogen and oxygen atoms in total. The fraction of sp³-hybridized carbons (Fsp3) is 0.350. The molecule has 28 heavy (non-hydrogen) atoms. The fourth-order valence-corrected chi connectivity index (χ4v) is 3.83. The molecule has 3 heterocycles. The lowest BCUT2D eigenvalue weighted by atomic mass is 9.93. The third-order valence-corrected chi connectivity index (χ3v) is 5.51. The first-order chi connectivity index (χ1) is 13.7. The number of hydrogen-bond acceptors (Lipinski definition) is 6. The van der Waals surface area contributed by atoms with Crippen LogP contribution in [0.4, 0.5) is 17.5 Å².